The summed E-state index contributed by atoms with van der Waals surface area (Å²) in [7, 11) is 0. The van der Waals surface area contributed by atoms with Gasteiger partial charge in [-0.1, -0.05) is 90.1 Å². The molecule has 1 unspecified atom stereocenters. The van der Waals surface area contributed by atoms with Crippen LogP contribution in [0.3, 0.4) is 0 Å². The summed E-state index contributed by atoms with van der Waals surface area (Å²) in [4.78, 5) is 0. The molecule has 2 aromatic carbocycles. The highest BCUT2D eigenvalue weighted by atomic mass is 16.6. The molecule has 0 amide bonds. The van der Waals surface area contributed by atoms with Gasteiger partial charge in [0.2, 0.25) is 11.6 Å². The third kappa shape index (κ3) is 3.10. The van der Waals surface area contributed by atoms with Crippen molar-refractivity contribution in [1.82, 2.24) is 0 Å². The predicted octanol–water partition coefficient (Wildman–Crippen LogP) is 3.17. The maximum absolute atomic E-state index is 11.7. The Hall–Kier alpha value is -2.06. The zero-order valence-corrected chi connectivity index (χ0v) is 20.6. The van der Waals surface area contributed by atoms with E-state index in [2.05, 4.69) is 0 Å². The van der Waals surface area contributed by atoms with Crippen LogP contribution in [0.4, 0.5) is 0 Å². The van der Waals surface area contributed by atoms with Crippen molar-refractivity contribution in [2.24, 2.45) is 22.7 Å². The Labute approximate surface area is 200 Å². The first-order valence-corrected chi connectivity index (χ1v) is 11.8. The standard InChI is InChI=1S/C28H36O6/c1-16(2)26(17(3)4)21-14-24(5,6)23(20-12-11-18-9-7-8-10-19(18)13-20)27(31,32)22(21)15-25(29,30)28(26,33)34/h7-17,23,29-34H,1-6H3. The quantitative estimate of drug-likeness (QED) is 0.385. The van der Waals surface area contributed by atoms with Crippen LogP contribution in [-0.2, 0) is 0 Å². The normalized spacial score (nSPS) is 26.2. The van der Waals surface area contributed by atoms with Crippen molar-refractivity contribution in [3.63, 3.8) is 0 Å². The highest BCUT2D eigenvalue weighted by Gasteiger charge is 2.71. The van der Waals surface area contributed by atoms with Crippen LogP contribution in [-0.4, -0.2) is 48.0 Å². The van der Waals surface area contributed by atoms with E-state index < -0.39 is 45.9 Å². The van der Waals surface area contributed by atoms with Crippen molar-refractivity contribution < 1.29 is 30.6 Å². The maximum Gasteiger partial charge on any atom is 0.240 e. The van der Waals surface area contributed by atoms with Gasteiger partial charge in [0, 0.05) is 5.57 Å². The zero-order chi connectivity index (χ0) is 25.5. The van der Waals surface area contributed by atoms with Gasteiger partial charge in [-0.05, 0) is 45.2 Å². The zero-order valence-electron chi connectivity index (χ0n) is 20.6. The topological polar surface area (TPSA) is 121 Å². The summed E-state index contributed by atoms with van der Waals surface area (Å²) < 4.78 is 0. The van der Waals surface area contributed by atoms with E-state index >= 15 is 0 Å². The summed E-state index contributed by atoms with van der Waals surface area (Å²) in [6.07, 6.45) is 2.63. The Morgan fingerprint density at radius 1 is 0.706 bits per heavy atom. The van der Waals surface area contributed by atoms with Crippen LogP contribution in [0.2, 0.25) is 0 Å². The summed E-state index contributed by atoms with van der Waals surface area (Å²) in [5.74, 6) is -10.4. The van der Waals surface area contributed by atoms with Crippen molar-refractivity contribution in [3.8, 4) is 0 Å². The molecule has 0 heterocycles. The van der Waals surface area contributed by atoms with Crippen LogP contribution < -0.4 is 0 Å². The molecule has 184 valence electrons. The molecule has 6 nitrogen and oxygen atoms in total. The number of hydrogen-bond acceptors (Lipinski definition) is 6. The minimum absolute atomic E-state index is 0.115. The second-order valence-corrected chi connectivity index (χ2v) is 11.3. The summed E-state index contributed by atoms with van der Waals surface area (Å²) in [6, 6.07) is 13.5. The lowest BCUT2D eigenvalue weighted by atomic mass is 9.48. The molecule has 0 fully saturated rings. The SMILES string of the molecule is CC(C)C1(C(C)C)C2=CC(C)(C)C(c3ccc4ccccc4c3)C(O)(O)C2=CC(O)(O)C1(O)O. The van der Waals surface area contributed by atoms with Crippen LogP contribution in [0.5, 0.6) is 0 Å². The van der Waals surface area contributed by atoms with Crippen LogP contribution >= 0.6 is 0 Å². The summed E-state index contributed by atoms with van der Waals surface area (Å²) in [5.41, 5.74) is -1.56. The predicted molar refractivity (Wildman–Crippen MR) is 130 cm³/mol. The molecule has 2 aliphatic rings. The van der Waals surface area contributed by atoms with E-state index in [0.29, 0.717) is 11.1 Å². The lowest BCUT2D eigenvalue weighted by Gasteiger charge is -2.61. The van der Waals surface area contributed by atoms with Gasteiger partial charge in [0.05, 0.1) is 11.3 Å². The van der Waals surface area contributed by atoms with Crippen LogP contribution in [0, 0.1) is 22.7 Å². The van der Waals surface area contributed by atoms with Crippen LogP contribution in [0.1, 0.15) is 53.0 Å². The Balaban J connectivity index is 2.05. The molecule has 0 spiro atoms. The fourth-order valence-electron chi connectivity index (χ4n) is 6.87. The first kappa shape index (κ1) is 25.0. The van der Waals surface area contributed by atoms with Gasteiger partial charge >= 0.3 is 0 Å². The van der Waals surface area contributed by atoms with E-state index in [0.717, 1.165) is 16.8 Å². The summed E-state index contributed by atoms with van der Waals surface area (Å²) in [6.45, 7) is 10.8. The van der Waals surface area contributed by atoms with E-state index in [1.54, 1.807) is 27.7 Å². The van der Waals surface area contributed by atoms with Crippen molar-refractivity contribution in [2.75, 3.05) is 0 Å². The highest BCUT2D eigenvalue weighted by molar-refractivity contribution is 5.83. The first-order chi connectivity index (χ1) is 15.5. The maximum atomic E-state index is 11.7. The molecule has 0 aliphatic heterocycles. The Morgan fingerprint density at radius 3 is 1.82 bits per heavy atom. The number of hydrogen-bond donors (Lipinski definition) is 6. The van der Waals surface area contributed by atoms with Gasteiger partial charge in [0.25, 0.3) is 0 Å². The molecule has 2 aliphatic carbocycles. The summed E-state index contributed by atoms with van der Waals surface area (Å²) >= 11 is 0. The van der Waals surface area contributed by atoms with Gasteiger partial charge in [-0.3, -0.25) is 0 Å². The number of benzene rings is 2. The van der Waals surface area contributed by atoms with Gasteiger partial charge in [0.1, 0.15) is 0 Å². The molecule has 0 aromatic heterocycles. The minimum atomic E-state index is -3.11. The van der Waals surface area contributed by atoms with Gasteiger partial charge in [-0.25, -0.2) is 0 Å². The van der Waals surface area contributed by atoms with E-state index in [9.17, 15) is 30.6 Å². The Bertz CT molecular complexity index is 1170. The van der Waals surface area contributed by atoms with Gasteiger partial charge in [-0.2, -0.15) is 0 Å². The van der Waals surface area contributed by atoms with E-state index in [1.807, 2.05) is 62.4 Å². The molecule has 2 aromatic rings. The monoisotopic (exact) mass is 468 g/mol. The molecular formula is C28H36O6. The lowest BCUT2D eigenvalue weighted by Crippen LogP contribution is -2.71. The van der Waals surface area contributed by atoms with Crippen molar-refractivity contribution in [1.29, 1.82) is 0 Å². The van der Waals surface area contributed by atoms with Crippen molar-refractivity contribution >= 4 is 10.8 Å². The Kier molecular flexibility index (Phi) is 5.50. The highest BCUT2D eigenvalue weighted by Crippen LogP contribution is 2.65. The molecular weight excluding hydrogens is 432 g/mol. The van der Waals surface area contributed by atoms with Gasteiger partial charge in [0.15, 0.2) is 5.79 Å². The number of rotatable bonds is 3. The van der Waals surface area contributed by atoms with E-state index in [-0.39, 0.29) is 5.57 Å². The number of allylic oxidation sites excluding steroid dienone is 1. The molecule has 0 bridgehead atoms. The fraction of sp³-hybridized carbons (Fsp3) is 0.500. The molecule has 4 rings (SSSR count). The number of fused-ring (bicyclic) bond motifs is 2. The summed E-state index contributed by atoms with van der Waals surface area (Å²) in [5, 5.41) is 69.7. The van der Waals surface area contributed by atoms with Gasteiger partial charge in [-0.15, -0.1) is 0 Å². The van der Waals surface area contributed by atoms with Crippen LogP contribution in [0.15, 0.2) is 65.8 Å². The molecule has 6 heteroatoms. The lowest BCUT2D eigenvalue weighted by molar-refractivity contribution is -0.391. The third-order valence-electron chi connectivity index (χ3n) is 8.16. The first-order valence-electron chi connectivity index (χ1n) is 11.8. The molecule has 1 atom stereocenters. The second kappa shape index (κ2) is 7.47. The fourth-order valence-corrected chi connectivity index (χ4v) is 6.87. The van der Waals surface area contributed by atoms with Crippen molar-refractivity contribution in [3.05, 3.63) is 71.3 Å². The molecule has 6 N–H and O–H groups in total. The average molecular weight is 469 g/mol. The molecule has 34 heavy (non-hydrogen) atoms. The van der Waals surface area contributed by atoms with E-state index in [1.165, 1.54) is 0 Å². The molecule has 0 saturated heterocycles. The number of aliphatic hydroxyl groups is 6. The Morgan fingerprint density at radius 2 is 1.26 bits per heavy atom. The van der Waals surface area contributed by atoms with Crippen LogP contribution in [0.25, 0.3) is 10.8 Å². The molecule has 0 saturated carbocycles. The smallest absolute Gasteiger partial charge is 0.240 e. The third-order valence-corrected chi connectivity index (χ3v) is 8.16. The minimum Gasteiger partial charge on any atom is -0.361 e. The largest absolute Gasteiger partial charge is 0.361 e. The second-order valence-electron chi connectivity index (χ2n) is 11.3. The van der Waals surface area contributed by atoms with Crippen molar-refractivity contribution in [2.45, 2.75) is 64.8 Å². The van der Waals surface area contributed by atoms with Gasteiger partial charge < -0.3 is 30.6 Å². The average Bonchev–Trinajstić information content (AvgIpc) is 2.68. The van der Waals surface area contributed by atoms with E-state index in [4.69, 9.17) is 0 Å². The molecule has 0 radical (unpaired) electrons.